The van der Waals surface area contributed by atoms with E-state index in [4.69, 9.17) is 4.79 Å². The summed E-state index contributed by atoms with van der Waals surface area (Å²) in [4.78, 5) is 9.06. The minimum absolute atomic E-state index is 0.639. The summed E-state index contributed by atoms with van der Waals surface area (Å²) in [5.41, 5.74) is 0. The number of rotatable bonds is 2. The van der Waals surface area contributed by atoms with Crippen molar-refractivity contribution >= 4 is 6.29 Å². The summed E-state index contributed by atoms with van der Waals surface area (Å²) in [6.07, 6.45) is 3.46. The first-order valence-corrected chi connectivity index (χ1v) is 2.17. The smallest absolute Gasteiger partial charge is 0.142 e. The predicted molar refractivity (Wildman–Crippen MR) is 35.5 cm³/mol. The van der Waals surface area contributed by atoms with Gasteiger partial charge < -0.3 is 5.32 Å². The molecule has 2 heteroatoms. The SMILES string of the molecule is C=CC=O.C=CNC. The van der Waals surface area contributed by atoms with Crippen LogP contribution >= 0.6 is 0 Å². The van der Waals surface area contributed by atoms with Crippen molar-refractivity contribution in [3.63, 3.8) is 0 Å². The Morgan fingerprint density at radius 2 is 1.75 bits per heavy atom. The molecule has 0 saturated heterocycles. The Labute approximate surface area is 49.9 Å². The minimum Gasteiger partial charge on any atom is -0.394 e. The minimum atomic E-state index is 0.639. The molecule has 2 nitrogen and oxygen atoms in total. The van der Waals surface area contributed by atoms with Crippen LogP contribution in [-0.4, -0.2) is 13.3 Å². The lowest BCUT2D eigenvalue weighted by atomic mass is 10.8. The van der Waals surface area contributed by atoms with Gasteiger partial charge in [0.15, 0.2) is 0 Å². The Kier molecular flexibility index (Phi) is 21.0. The predicted octanol–water partition coefficient (Wildman–Crippen LogP) is 0.721. The first-order chi connectivity index (χ1) is 3.83. The van der Waals surface area contributed by atoms with E-state index >= 15 is 0 Å². The number of allylic oxidation sites excluding steroid dienone is 1. The van der Waals surface area contributed by atoms with Gasteiger partial charge in [-0.2, -0.15) is 0 Å². The van der Waals surface area contributed by atoms with E-state index in [0.29, 0.717) is 6.29 Å². The number of hydrogen-bond donors (Lipinski definition) is 1. The molecule has 8 heavy (non-hydrogen) atoms. The maximum absolute atomic E-state index is 9.06. The van der Waals surface area contributed by atoms with E-state index in [1.807, 2.05) is 7.05 Å². The lowest BCUT2D eigenvalue weighted by Gasteiger charge is -1.70. The quantitative estimate of drug-likeness (QED) is 0.422. The van der Waals surface area contributed by atoms with Crippen LogP contribution in [-0.2, 0) is 4.79 Å². The Morgan fingerprint density at radius 1 is 1.50 bits per heavy atom. The Balaban J connectivity index is 0. The van der Waals surface area contributed by atoms with E-state index in [1.54, 1.807) is 6.20 Å². The zero-order valence-electron chi connectivity index (χ0n) is 5.05. The van der Waals surface area contributed by atoms with Gasteiger partial charge >= 0.3 is 0 Å². The number of carbonyl (C=O) groups excluding carboxylic acids is 1. The van der Waals surface area contributed by atoms with Crippen LogP contribution < -0.4 is 5.32 Å². The molecular weight excluding hydrogens is 102 g/mol. The standard InChI is InChI=1S/C3H7N.C3H4O/c1-3-4-2;1-2-3-4/h3-4H,1H2,2H3;2-3H,1H2. The van der Waals surface area contributed by atoms with Crippen LogP contribution in [0.25, 0.3) is 0 Å². The number of hydrogen-bond acceptors (Lipinski definition) is 2. The summed E-state index contributed by atoms with van der Waals surface area (Å²) in [5.74, 6) is 0. The van der Waals surface area contributed by atoms with Gasteiger partial charge in [0.25, 0.3) is 0 Å². The van der Waals surface area contributed by atoms with Crippen LogP contribution in [0.2, 0.25) is 0 Å². The highest BCUT2D eigenvalue weighted by Crippen LogP contribution is 1.35. The van der Waals surface area contributed by atoms with Crippen molar-refractivity contribution < 1.29 is 4.79 Å². The summed E-state index contributed by atoms with van der Waals surface area (Å²) in [6.45, 7) is 6.48. The number of nitrogens with one attached hydrogen (secondary N) is 1. The molecule has 0 fully saturated rings. The topological polar surface area (TPSA) is 29.1 Å². The van der Waals surface area contributed by atoms with Crippen molar-refractivity contribution in [1.29, 1.82) is 0 Å². The second-order valence-electron chi connectivity index (χ2n) is 0.865. The van der Waals surface area contributed by atoms with E-state index in [0.717, 1.165) is 0 Å². The number of carbonyl (C=O) groups is 1. The van der Waals surface area contributed by atoms with Crippen molar-refractivity contribution in [1.82, 2.24) is 5.32 Å². The second-order valence-corrected chi connectivity index (χ2v) is 0.865. The molecule has 1 N–H and O–H groups in total. The summed E-state index contributed by atoms with van der Waals surface area (Å²) in [6, 6.07) is 0. The van der Waals surface area contributed by atoms with Gasteiger partial charge in [-0.05, 0) is 12.3 Å². The van der Waals surface area contributed by atoms with Gasteiger partial charge in [0.05, 0.1) is 0 Å². The van der Waals surface area contributed by atoms with Crippen LogP contribution in [0.15, 0.2) is 25.4 Å². The molecule has 0 aromatic rings. The zero-order chi connectivity index (χ0) is 6.83. The number of aldehydes is 1. The lowest BCUT2D eigenvalue weighted by molar-refractivity contribution is -0.104. The maximum atomic E-state index is 9.06. The molecule has 0 saturated carbocycles. The summed E-state index contributed by atoms with van der Waals surface area (Å²) in [5, 5.41) is 2.69. The van der Waals surface area contributed by atoms with E-state index < -0.39 is 0 Å². The summed E-state index contributed by atoms with van der Waals surface area (Å²) >= 11 is 0. The first kappa shape index (κ1) is 10.0. The monoisotopic (exact) mass is 113 g/mol. The van der Waals surface area contributed by atoms with Crippen LogP contribution in [0.1, 0.15) is 0 Å². The molecular formula is C6H11NO. The lowest BCUT2D eigenvalue weighted by Crippen LogP contribution is -1.87. The Bertz CT molecular complexity index is 62.9. The normalized spacial score (nSPS) is 5.12. The average molecular weight is 113 g/mol. The van der Waals surface area contributed by atoms with Gasteiger partial charge in [0.1, 0.15) is 6.29 Å². The Hall–Kier alpha value is -1.05. The van der Waals surface area contributed by atoms with Crippen molar-refractivity contribution in [2.45, 2.75) is 0 Å². The van der Waals surface area contributed by atoms with Gasteiger partial charge in [-0.15, -0.1) is 0 Å². The van der Waals surface area contributed by atoms with Crippen LogP contribution in [0.5, 0.6) is 0 Å². The van der Waals surface area contributed by atoms with Gasteiger partial charge in [-0.3, -0.25) is 4.79 Å². The van der Waals surface area contributed by atoms with Crippen LogP contribution in [0, 0.1) is 0 Å². The van der Waals surface area contributed by atoms with Crippen molar-refractivity contribution in [3.05, 3.63) is 25.4 Å². The van der Waals surface area contributed by atoms with Gasteiger partial charge in [-0.25, -0.2) is 0 Å². The fraction of sp³-hybridized carbons (Fsp3) is 0.167. The molecule has 46 valence electrons. The van der Waals surface area contributed by atoms with Crippen molar-refractivity contribution in [2.75, 3.05) is 7.05 Å². The van der Waals surface area contributed by atoms with Crippen LogP contribution in [0.4, 0.5) is 0 Å². The molecule has 0 rings (SSSR count). The highest BCUT2D eigenvalue weighted by atomic mass is 16.1. The fourth-order valence-electron chi connectivity index (χ4n) is 0. The third-order valence-corrected chi connectivity index (χ3v) is 0.300. The van der Waals surface area contributed by atoms with E-state index in [9.17, 15) is 0 Å². The largest absolute Gasteiger partial charge is 0.394 e. The molecule has 0 aliphatic heterocycles. The first-order valence-electron chi connectivity index (χ1n) is 2.17. The van der Waals surface area contributed by atoms with Crippen LogP contribution in [0.3, 0.4) is 0 Å². The molecule has 0 bridgehead atoms. The summed E-state index contributed by atoms with van der Waals surface area (Å²) < 4.78 is 0. The molecule has 0 heterocycles. The van der Waals surface area contributed by atoms with E-state index in [2.05, 4.69) is 18.5 Å². The molecule has 0 radical (unpaired) electrons. The highest BCUT2D eigenvalue weighted by molar-refractivity contribution is 5.63. The molecule has 0 aliphatic rings. The molecule has 0 atom stereocenters. The zero-order valence-corrected chi connectivity index (χ0v) is 5.05. The van der Waals surface area contributed by atoms with Gasteiger partial charge in [0.2, 0.25) is 0 Å². The van der Waals surface area contributed by atoms with E-state index in [-0.39, 0.29) is 0 Å². The van der Waals surface area contributed by atoms with E-state index in [1.165, 1.54) is 6.08 Å². The molecule has 0 aromatic heterocycles. The summed E-state index contributed by atoms with van der Waals surface area (Å²) in [7, 11) is 1.81. The highest BCUT2D eigenvalue weighted by Gasteiger charge is 1.38. The van der Waals surface area contributed by atoms with Crippen molar-refractivity contribution in [2.24, 2.45) is 0 Å². The molecule has 0 aliphatic carbocycles. The third kappa shape index (κ3) is 85.6. The molecule has 0 spiro atoms. The maximum Gasteiger partial charge on any atom is 0.142 e. The fourth-order valence-corrected chi connectivity index (χ4v) is 0. The third-order valence-electron chi connectivity index (χ3n) is 0.300. The molecule has 0 amide bonds. The second kappa shape index (κ2) is 16.8. The average Bonchev–Trinajstić information content (AvgIpc) is 1.88. The van der Waals surface area contributed by atoms with Gasteiger partial charge in [-0.1, -0.05) is 13.2 Å². The van der Waals surface area contributed by atoms with Gasteiger partial charge in [0, 0.05) is 7.05 Å². The Morgan fingerprint density at radius 3 is 1.75 bits per heavy atom. The molecule has 0 unspecified atom stereocenters. The molecule has 0 aromatic carbocycles. The van der Waals surface area contributed by atoms with Crippen molar-refractivity contribution in [3.8, 4) is 0 Å².